The van der Waals surface area contributed by atoms with Crippen molar-refractivity contribution >= 4 is 16.8 Å². The number of hydrogen-bond donors (Lipinski definition) is 1. The van der Waals surface area contributed by atoms with Gasteiger partial charge in [-0.25, -0.2) is 4.98 Å². The smallest absolute Gasteiger partial charge is 0.261 e. The molecule has 0 fully saturated rings. The number of rotatable bonds is 7. The Kier molecular flexibility index (Phi) is 7.43. The molecule has 38 heavy (non-hydrogen) atoms. The summed E-state index contributed by atoms with van der Waals surface area (Å²) in [5, 5.41) is 1.04. The Morgan fingerprint density at radius 2 is 1.76 bits per heavy atom. The van der Waals surface area contributed by atoms with E-state index in [-0.39, 0.29) is 17.0 Å². The van der Waals surface area contributed by atoms with E-state index < -0.39 is 0 Å². The van der Waals surface area contributed by atoms with Crippen LogP contribution >= 0.6 is 0 Å². The molecule has 0 saturated heterocycles. The molecule has 2 aromatic heterocycles. The van der Waals surface area contributed by atoms with Crippen molar-refractivity contribution in [3.05, 3.63) is 98.5 Å². The first-order valence-electron chi connectivity index (χ1n) is 13.5. The van der Waals surface area contributed by atoms with E-state index in [0.29, 0.717) is 19.6 Å². The third-order valence-electron chi connectivity index (χ3n) is 7.45. The molecule has 1 aliphatic rings. The molecule has 4 aromatic rings. The molecule has 0 atom stereocenters. The third kappa shape index (κ3) is 5.41. The summed E-state index contributed by atoms with van der Waals surface area (Å²) >= 11 is 0. The van der Waals surface area contributed by atoms with Gasteiger partial charge in [0.05, 0.1) is 11.2 Å². The number of aromatic amines is 1. The molecule has 0 unspecified atom stereocenters. The van der Waals surface area contributed by atoms with Crippen LogP contribution in [0, 0.1) is 13.8 Å². The van der Waals surface area contributed by atoms with E-state index in [9.17, 15) is 9.59 Å². The van der Waals surface area contributed by atoms with E-state index >= 15 is 0 Å². The molecule has 0 saturated carbocycles. The van der Waals surface area contributed by atoms with Crippen LogP contribution in [0.15, 0.2) is 59.4 Å². The number of benzene rings is 2. The number of hydrogen-bond acceptors (Lipinski definition) is 4. The number of fused-ring (bicyclic) bond motifs is 2. The molecule has 2 heterocycles. The van der Waals surface area contributed by atoms with Crippen LogP contribution < -0.4 is 5.56 Å². The Hall–Kier alpha value is -3.77. The number of aryl methyl sites for hydroxylation is 4. The van der Waals surface area contributed by atoms with Gasteiger partial charge < -0.3 is 14.8 Å². The van der Waals surface area contributed by atoms with Gasteiger partial charge in [-0.05, 0) is 88.5 Å². The maximum absolute atomic E-state index is 14.0. The minimum Gasteiger partial charge on any atom is -0.333 e. The molecule has 1 aliphatic carbocycles. The molecular weight excluding hydrogens is 472 g/mol. The molecule has 0 spiro atoms. The van der Waals surface area contributed by atoms with Crippen molar-refractivity contribution < 1.29 is 4.79 Å². The van der Waals surface area contributed by atoms with Gasteiger partial charge in [-0.3, -0.25) is 9.59 Å². The molecule has 2 aromatic carbocycles. The topological polar surface area (TPSA) is 69.3 Å². The van der Waals surface area contributed by atoms with Gasteiger partial charge in [0.2, 0.25) is 0 Å². The quantitative estimate of drug-likeness (QED) is 0.368. The number of H-pyrrole nitrogens is 1. The van der Waals surface area contributed by atoms with Gasteiger partial charge in [-0.1, -0.05) is 42.0 Å². The van der Waals surface area contributed by atoms with Crippen LogP contribution in [0.25, 0.3) is 22.2 Å². The van der Waals surface area contributed by atoms with Gasteiger partial charge in [0.25, 0.3) is 11.5 Å². The van der Waals surface area contributed by atoms with Crippen LogP contribution in [0.5, 0.6) is 0 Å². The molecule has 1 amide bonds. The predicted octanol–water partition coefficient (Wildman–Crippen LogP) is 5.29. The molecule has 0 aliphatic heterocycles. The van der Waals surface area contributed by atoms with Gasteiger partial charge in [0.15, 0.2) is 0 Å². The minimum atomic E-state index is -0.295. The predicted molar refractivity (Wildman–Crippen MR) is 154 cm³/mol. The lowest BCUT2D eigenvalue weighted by atomic mass is 9.94. The number of likely N-dealkylation sites (N-methyl/N-ethyl adjacent to an activating group) is 1. The first-order chi connectivity index (χ1) is 18.3. The maximum atomic E-state index is 14.0. The SMILES string of the molecule is Cc1cccc(-c2nc3c(C)cccc3cc2CN(CCN(C)C)C(=O)c2cc3c([nH]c2=O)CCCC3)c1. The van der Waals surface area contributed by atoms with Crippen molar-refractivity contribution in [3.8, 4) is 11.3 Å². The largest absolute Gasteiger partial charge is 0.333 e. The number of para-hydroxylation sites is 1. The third-order valence-corrected chi connectivity index (χ3v) is 7.45. The Morgan fingerprint density at radius 3 is 2.55 bits per heavy atom. The van der Waals surface area contributed by atoms with Crippen LogP contribution in [-0.2, 0) is 19.4 Å². The Balaban J connectivity index is 1.60. The molecule has 6 heteroatoms. The lowest BCUT2D eigenvalue weighted by Crippen LogP contribution is -2.39. The van der Waals surface area contributed by atoms with Crippen LogP contribution in [0.3, 0.4) is 0 Å². The van der Waals surface area contributed by atoms with Gasteiger partial charge in [0, 0.05) is 36.3 Å². The number of carbonyl (C=O) groups excluding carboxylic acids is 1. The van der Waals surface area contributed by atoms with Crippen molar-refractivity contribution in [2.75, 3.05) is 27.2 Å². The fourth-order valence-electron chi connectivity index (χ4n) is 5.34. The van der Waals surface area contributed by atoms with Crippen molar-refractivity contribution in [1.82, 2.24) is 19.8 Å². The van der Waals surface area contributed by atoms with E-state index in [0.717, 1.165) is 75.8 Å². The number of carbonyl (C=O) groups is 1. The summed E-state index contributed by atoms with van der Waals surface area (Å²) in [6, 6.07) is 18.5. The van der Waals surface area contributed by atoms with E-state index in [1.165, 1.54) is 0 Å². The van der Waals surface area contributed by atoms with E-state index in [4.69, 9.17) is 4.98 Å². The summed E-state index contributed by atoms with van der Waals surface area (Å²) < 4.78 is 0. The first-order valence-corrected chi connectivity index (χ1v) is 13.5. The molecule has 0 radical (unpaired) electrons. The molecule has 0 bridgehead atoms. The molecule has 6 nitrogen and oxygen atoms in total. The first kappa shape index (κ1) is 25.9. The fourth-order valence-corrected chi connectivity index (χ4v) is 5.34. The summed E-state index contributed by atoms with van der Waals surface area (Å²) in [7, 11) is 3.99. The summed E-state index contributed by atoms with van der Waals surface area (Å²) in [6.45, 7) is 5.70. The van der Waals surface area contributed by atoms with Gasteiger partial charge in [0.1, 0.15) is 5.56 Å². The molecule has 5 rings (SSSR count). The van der Waals surface area contributed by atoms with Crippen LogP contribution in [0.4, 0.5) is 0 Å². The second-order valence-corrected chi connectivity index (χ2v) is 10.8. The average molecular weight is 509 g/mol. The maximum Gasteiger partial charge on any atom is 0.261 e. The second-order valence-electron chi connectivity index (χ2n) is 10.8. The van der Waals surface area contributed by atoms with Crippen molar-refractivity contribution in [2.24, 2.45) is 0 Å². The lowest BCUT2D eigenvalue weighted by Gasteiger charge is -2.26. The molecule has 1 N–H and O–H groups in total. The molecular formula is C32H36N4O2. The average Bonchev–Trinajstić information content (AvgIpc) is 2.90. The number of nitrogens with one attached hydrogen (secondary N) is 1. The summed E-state index contributed by atoms with van der Waals surface area (Å²) in [4.78, 5) is 39.0. The highest BCUT2D eigenvalue weighted by Gasteiger charge is 2.24. The van der Waals surface area contributed by atoms with Crippen molar-refractivity contribution in [3.63, 3.8) is 0 Å². The Bertz CT molecular complexity index is 1550. The zero-order valence-electron chi connectivity index (χ0n) is 22.8. The van der Waals surface area contributed by atoms with Gasteiger partial charge >= 0.3 is 0 Å². The number of pyridine rings is 2. The van der Waals surface area contributed by atoms with Crippen molar-refractivity contribution in [1.29, 1.82) is 0 Å². The van der Waals surface area contributed by atoms with E-state index in [1.807, 2.05) is 32.3 Å². The summed E-state index contributed by atoms with van der Waals surface area (Å²) in [6.07, 6.45) is 3.92. The van der Waals surface area contributed by atoms with Gasteiger partial charge in [-0.15, -0.1) is 0 Å². The Labute approximate surface area is 224 Å². The zero-order chi connectivity index (χ0) is 26.8. The zero-order valence-corrected chi connectivity index (χ0v) is 22.8. The van der Waals surface area contributed by atoms with Crippen molar-refractivity contribution in [2.45, 2.75) is 46.1 Å². The number of amides is 1. The van der Waals surface area contributed by atoms with Gasteiger partial charge in [-0.2, -0.15) is 0 Å². The highest BCUT2D eigenvalue weighted by molar-refractivity contribution is 5.94. The number of nitrogens with zero attached hydrogens (tertiary/aromatic N) is 3. The standard InChI is InChI=1S/C32H36N4O2/c1-21-9-7-12-24(17-21)30-26(18-25-13-8-10-22(2)29(25)34-30)20-36(16-15-35(3)4)32(38)27-19-23-11-5-6-14-28(23)33-31(27)37/h7-10,12-13,17-19H,5-6,11,14-16,20H2,1-4H3,(H,33,37). The highest BCUT2D eigenvalue weighted by atomic mass is 16.2. The molecule has 196 valence electrons. The monoisotopic (exact) mass is 508 g/mol. The normalized spacial score (nSPS) is 13.1. The summed E-state index contributed by atoms with van der Waals surface area (Å²) in [5.41, 5.74) is 8.10. The minimum absolute atomic E-state index is 0.228. The fraction of sp³-hybridized carbons (Fsp3) is 0.344. The highest BCUT2D eigenvalue weighted by Crippen LogP contribution is 2.29. The van der Waals surface area contributed by atoms with Crippen LogP contribution in [-0.4, -0.2) is 52.9 Å². The van der Waals surface area contributed by atoms with E-state index in [2.05, 4.69) is 60.1 Å². The second kappa shape index (κ2) is 10.9. The Morgan fingerprint density at radius 1 is 0.974 bits per heavy atom. The number of aromatic nitrogens is 2. The van der Waals surface area contributed by atoms with Crippen LogP contribution in [0.2, 0.25) is 0 Å². The lowest BCUT2D eigenvalue weighted by molar-refractivity contribution is 0.0730. The van der Waals surface area contributed by atoms with E-state index in [1.54, 1.807) is 4.90 Å². The van der Waals surface area contributed by atoms with Crippen LogP contribution in [0.1, 0.15) is 51.1 Å². The summed E-state index contributed by atoms with van der Waals surface area (Å²) in [5.74, 6) is -0.235.